The van der Waals surface area contributed by atoms with Gasteiger partial charge >= 0.3 is 0 Å². The maximum Gasteiger partial charge on any atom is 0.141 e. The summed E-state index contributed by atoms with van der Waals surface area (Å²) in [6, 6.07) is 3.95. The van der Waals surface area contributed by atoms with Gasteiger partial charge in [-0.3, -0.25) is 9.88 Å². The number of halogens is 1. The summed E-state index contributed by atoms with van der Waals surface area (Å²) < 4.78 is 13.0. The maximum atomic E-state index is 13.0. The first-order valence-electron chi connectivity index (χ1n) is 7.24. The fraction of sp³-hybridized carbons (Fsp3) is 0.667. The Balaban J connectivity index is 2.22. The highest BCUT2D eigenvalue weighted by atomic mass is 19.1. The Kier molecular flexibility index (Phi) is 4.88. The van der Waals surface area contributed by atoms with E-state index in [1.165, 1.54) is 25.1 Å². The molecule has 0 radical (unpaired) electrons. The standard InChI is InChI=1S/C15H24FN3/c1-3-14(13-7-6-12(16)10-18-13)19-8-4-5-11(2)15(19)9-17/h6-7,10-11,14-15H,3-5,8-9,17H2,1-2H3. The average molecular weight is 265 g/mol. The van der Waals surface area contributed by atoms with Crippen LogP contribution >= 0.6 is 0 Å². The third-order valence-electron chi connectivity index (χ3n) is 4.28. The van der Waals surface area contributed by atoms with Gasteiger partial charge in [-0.05, 0) is 43.9 Å². The monoisotopic (exact) mass is 265 g/mol. The third-order valence-corrected chi connectivity index (χ3v) is 4.28. The highest BCUT2D eigenvalue weighted by molar-refractivity contribution is 5.11. The Morgan fingerprint density at radius 3 is 2.89 bits per heavy atom. The summed E-state index contributed by atoms with van der Waals surface area (Å²) >= 11 is 0. The van der Waals surface area contributed by atoms with Crippen LogP contribution in [0.5, 0.6) is 0 Å². The Bertz CT molecular complexity index is 393. The Morgan fingerprint density at radius 2 is 2.32 bits per heavy atom. The number of piperidine rings is 1. The molecule has 1 aromatic heterocycles. The summed E-state index contributed by atoms with van der Waals surface area (Å²) in [5.41, 5.74) is 6.91. The second-order valence-corrected chi connectivity index (χ2v) is 5.49. The molecule has 0 bridgehead atoms. The molecular formula is C15H24FN3. The van der Waals surface area contributed by atoms with Gasteiger partial charge in [0.05, 0.1) is 17.9 Å². The van der Waals surface area contributed by atoms with E-state index in [0.717, 1.165) is 18.7 Å². The molecule has 2 heterocycles. The largest absolute Gasteiger partial charge is 0.329 e. The van der Waals surface area contributed by atoms with Crippen LogP contribution in [-0.2, 0) is 0 Å². The number of likely N-dealkylation sites (tertiary alicyclic amines) is 1. The highest BCUT2D eigenvalue weighted by Crippen LogP contribution is 2.32. The number of rotatable bonds is 4. The molecule has 2 rings (SSSR count). The number of aromatic nitrogens is 1. The van der Waals surface area contributed by atoms with Crippen LogP contribution in [-0.4, -0.2) is 29.0 Å². The van der Waals surface area contributed by atoms with E-state index in [0.29, 0.717) is 18.5 Å². The summed E-state index contributed by atoms with van der Waals surface area (Å²) in [4.78, 5) is 6.73. The number of hydrogen-bond acceptors (Lipinski definition) is 3. The van der Waals surface area contributed by atoms with E-state index in [-0.39, 0.29) is 11.9 Å². The molecule has 0 spiro atoms. The highest BCUT2D eigenvalue weighted by Gasteiger charge is 2.32. The van der Waals surface area contributed by atoms with Crippen LogP contribution in [0.1, 0.15) is 44.8 Å². The SMILES string of the molecule is CCC(c1ccc(F)cn1)N1CCCC(C)C1CN. The van der Waals surface area contributed by atoms with Crippen molar-refractivity contribution in [2.24, 2.45) is 11.7 Å². The summed E-state index contributed by atoms with van der Waals surface area (Å²) in [7, 11) is 0. The molecule has 3 atom stereocenters. The van der Waals surface area contributed by atoms with Gasteiger partial charge in [0, 0.05) is 12.6 Å². The quantitative estimate of drug-likeness (QED) is 0.910. The van der Waals surface area contributed by atoms with Crippen molar-refractivity contribution in [3.8, 4) is 0 Å². The van der Waals surface area contributed by atoms with Crippen LogP contribution in [0, 0.1) is 11.7 Å². The lowest BCUT2D eigenvalue weighted by atomic mass is 9.88. The van der Waals surface area contributed by atoms with E-state index in [4.69, 9.17) is 5.73 Å². The second kappa shape index (κ2) is 6.44. The summed E-state index contributed by atoms with van der Waals surface area (Å²) in [6.45, 7) is 6.17. The van der Waals surface area contributed by atoms with Gasteiger partial charge in [-0.1, -0.05) is 13.8 Å². The van der Waals surface area contributed by atoms with Crippen molar-refractivity contribution in [1.82, 2.24) is 9.88 Å². The molecule has 106 valence electrons. The van der Waals surface area contributed by atoms with Crippen molar-refractivity contribution in [2.75, 3.05) is 13.1 Å². The van der Waals surface area contributed by atoms with Crippen LogP contribution in [0.2, 0.25) is 0 Å². The van der Waals surface area contributed by atoms with Gasteiger partial charge in [0.1, 0.15) is 5.82 Å². The molecule has 1 saturated heterocycles. The van der Waals surface area contributed by atoms with E-state index >= 15 is 0 Å². The van der Waals surface area contributed by atoms with Gasteiger partial charge in [-0.15, -0.1) is 0 Å². The van der Waals surface area contributed by atoms with Crippen LogP contribution in [0.25, 0.3) is 0 Å². The Hall–Kier alpha value is -1.00. The molecule has 1 aromatic rings. The van der Waals surface area contributed by atoms with Crippen molar-refractivity contribution < 1.29 is 4.39 Å². The van der Waals surface area contributed by atoms with Crippen molar-refractivity contribution >= 4 is 0 Å². The minimum Gasteiger partial charge on any atom is -0.329 e. The fourth-order valence-electron chi connectivity index (χ4n) is 3.23. The molecule has 0 saturated carbocycles. The molecule has 1 aliphatic heterocycles. The lowest BCUT2D eigenvalue weighted by molar-refractivity contribution is 0.0577. The lowest BCUT2D eigenvalue weighted by Gasteiger charge is -2.43. The normalized spacial score (nSPS) is 26.3. The minimum atomic E-state index is -0.277. The third kappa shape index (κ3) is 3.12. The predicted molar refractivity (Wildman–Crippen MR) is 75.2 cm³/mol. The van der Waals surface area contributed by atoms with E-state index in [2.05, 4.69) is 23.7 Å². The van der Waals surface area contributed by atoms with Crippen LogP contribution in [0.15, 0.2) is 18.3 Å². The van der Waals surface area contributed by atoms with Gasteiger partial charge in [-0.2, -0.15) is 0 Å². The number of pyridine rings is 1. The topological polar surface area (TPSA) is 42.2 Å². The molecule has 4 heteroatoms. The number of nitrogens with two attached hydrogens (primary N) is 1. The van der Waals surface area contributed by atoms with Crippen LogP contribution < -0.4 is 5.73 Å². The molecule has 0 amide bonds. The number of nitrogens with zero attached hydrogens (tertiary/aromatic N) is 2. The van der Waals surface area contributed by atoms with E-state index < -0.39 is 0 Å². The van der Waals surface area contributed by atoms with E-state index in [1.54, 1.807) is 6.07 Å². The minimum absolute atomic E-state index is 0.247. The van der Waals surface area contributed by atoms with Gasteiger partial charge in [0.2, 0.25) is 0 Å². The van der Waals surface area contributed by atoms with E-state index in [1.807, 2.05) is 0 Å². The van der Waals surface area contributed by atoms with Crippen molar-refractivity contribution in [3.05, 3.63) is 29.8 Å². The van der Waals surface area contributed by atoms with Crippen molar-refractivity contribution in [1.29, 1.82) is 0 Å². The van der Waals surface area contributed by atoms with Gasteiger partial charge in [0.25, 0.3) is 0 Å². The average Bonchev–Trinajstić information content (AvgIpc) is 2.42. The predicted octanol–water partition coefficient (Wildman–Crippen LogP) is 2.73. The zero-order valence-electron chi connectivity index (χ0n) is 11.8. The second-order valence-electron chi connectivity index (χ2n) is 5.49. The summed E-state index contributed by atoms with van der Waals surface area (Å²) in [6.07, 6.45) is 4.73. The van der Waals surface area contributed by atoms with Crippen LogP contribution in [0.3, 0.4) is 0 Å². The lowest BCUT2D eigenvalue weighted by Crippen LogP contribution is -2.50. The molecule has 2 N–H and O–H groups in total. The van der Waals surface area contributed by atoms with Gasteiger partial charge in [-0.25, -0.2) is 4.39 Å². The van der Waals surface area contributed by atoms with Gasteiger partial charge in [0.15, 0.2) is 0 Å². The molecule has 1 aliphatic rings. The molecule has 0 aliphatic carbocycles. The first-order chi connectivity index (χ1) is 9.17. The molecule has 1 fully saturated rings. The fourth-order valence-corrected chi connectivity index (χ4v) is 3.23. The maximum absolute atomic E-state index is 13.0. The molecule has 0 aromatic carbocycles. The van der Waals surface area contributed by atoms with Gasteiger partial charge < -0.3 is 5.73 Å². The first kappa shape index (κ1) is 14.4. The van der Waals surface area contributed by atoms with E-state index in [9.17, 15) is 4.39 Å². The number of hydrogen-bond donors (Lipinski definition) is 1. The summed E-state index contributed by atoms with van der Waals surface area (Å²) in [5, 5.41) is 0. The van der Waals surface area contributed by atoms with Crippen molar-refractivity contribution in [2.45, 2.75) is 45.2 Å². The molecular weight excluding hydrogens is 241 g/mol. The Labute approximate surface area is 115 Å². The smallest absolute Gasteiger partial charge is 0.141 e. The Morgan fingerprint density at radius 1 is 1.53 bits per heavy atom. The van der Waals surface area contributed by atoms with Crippen molar-refractivity contribution in [3.63, 3.8) is 0 Å². The zero-order chi connectivity index (χ0) is 13.8. The molecule has 3 unspecified atom stereocenters. The molecule has 3 nitrogen and oxygen atoms in total. The summed E-state index contributed by atoms with van der Waals surface area (Å²) in [5.74, 6) is 0.342. The first-order valence-corrected chi connectivity index (χ1v) is 7.24. The zero-order valence-corrected chi connectivity index (χ0v) is 11.8. The van der Waals surface area contributed by atoms with Crippen LogP contribution in [0.4, 0.5) is 4.39 Å². The molecule has 19 heavy (non-hydrogen) atoms.